The average molecular weight is 1110 g/mol. The monoisotopic (exact) mass is 1100 g/mol. The lowest BCUT2D eigenvalue weighted by Gasteiger charge is -2.35. The first-order chi connectivity index (χ1) is 36.8. The molecule has 0 amide bonds. The van der Waals surface area contributed by atoms with Gasteiger partial charge in [-0.25, -0.2) is 0 Å². The van der Waals surface area contributed by atoms with Crippen LogP contribution in [-0.4, -0.2) is 46.0 Å². The molecule has 0 saturated carbocycles. The highest BCUT2D eigenvalue weighted by atomic mass is 32.2. The van der Waals surface area contributed by atoms with E-state index >= 15 is 4.79 Å². The largest absolute Gasteiger partial charge is 0.549 e. The van der Waals surface area contributed by atoms with Gasteiger partial charge >= 0.3 is 5.97 Å². The number of benzene rings is 2. The number of carbonyl (C=O) groups excluding carboxylic acids is 2. The molecule has 0 saturated heterocycles. The van der Waals surface area contributed by atoms with E-state index in [0.29, 0.717) is 33.4 Å². The van der Waals surface area contributed by atoms with Gasteiger partial charge in [-0.1, -0.05) is 301 Å². The molecule has 0 aliphatic rings. The van der Waals surface area contributed by atoms with Crippen LogP contribution in [-0.2, 0) is 59.7 Å². The summed E-state index contributed by atoms with van der Waals surface area (Å²) in [4.78, 5) is 29.1. The molecule has 0 aliphatic carbocycles. The highest BCUT2D eigenvalue weighted by Gasteiger charge is 2.44. The molecule has 0 bridgehead atoms. The van der Waals surface area contributed by atoms with Crippen LogP contribution < -0.4 is 5.11 Å². The van der Waals surface area contributed by atoms with Gasteiger partial charge < -0.3 is 24.9 Å². The predicted octanol–water partition coefficient (Wildman–Crippen LogP) is 19.5. The molecule has 0 atom stereocenters. The molecular formula is C71H124O6S. The molecule has 0 fully saturated rings. The molecule has 2 aromatic carbocycles. The second-order valence-electron chi connectivity index (χ2n) is 28.3. The van der Waals surface area contributed by atoms with Crippen molar-refractivity contribution < 1.29 is 29.6 Å². The molecule has 78 heavy (non-hydrogen) atoms. The highest BCUT2D eigenvalue weighted by molar-refractivity contribution is 7.96. The fraction of sp³-hybridized carbons (Fsp3) is 0.803. The van der Waals surface area contributed by atoms with Gasteiger partial charge in [-0.3, -0.25) is 4.79 Å². The fourth-order valence-corrected chi connectivity index (χ4v) is 13.6. The fourth-order valence-electron chi connectivity index (χ4n) is 11.4. The van der Waals surface area contributed by atoms with Gasteiger partial charge in [-0.2, -0.15) is 0 Å². The maximum atomic E-state index is 15.1. The molecule has 2 rings (SSSR count). The number of aromatic hydroxyl groups is 2. The first-order valence-electron chi connectivity index (χ1n) is 32.6. The minimum Gasteiger partial charge on any atom is -0.549 e. The summed E-state index contributed by atoms with van der Waals surface area (Å²) in [5.41, 5.74) is 0.171. The van der Waals surface area contributed by atoms with E-state index in [1.165, 1.54) is 205 Å². The number of phenols is 2. The number of hydrogen-bond donors (Lipinski definition) is 2. The zero-order valence-electron chi connectivity index (χ0n) is 53.6. The number of phenolic OH excluding ortho intramolecular Hbond substituents is 2. The van der Waals surface area contributed by atoms with Crippen LogP contribution in [0, 0.1) is 5.41 Å². The Labute approximate surface area is 485 Å². The molecule has 0 heterocycles. The number of carboxylic acids is 1. The van der Waals surface area contributed by atoms with Crippen molar-refractivity contribution in [1.82, 2.24) is 0 Å². The van der Waals surface area contributed by atoms with Crippen molar-refractivity contribution in [3.63, 3.8) is 0 Å². The summed E-state index contributed by atoms with van der Waals surface area (Å²) < 4.78 is 6.30. The van der Waals surface area contributed by atoms with E-state index in [4.69, 9.17) is 4.74 Å². The number of carbonyl (C=O) groups is 2. The van der Waals surface area contributed by atoms with E-state index < -0.39 is 39.0 Å². The van der Waals surface area contributed by atoms with Crippen LogP contribution in [0.3, 0.4) is 0 Å². The standard InChI is InChI=1S/C71H124O6S/c1-15-17-19-21-23-25-27-29-31-33-35-37-39-41-43-45-48-78(49-46-44-42-40-38-36-34-32-30-28-26-24-22-20-18-16-2)50-47-77-66(76)71(65(74)75,55-57-51-59(67(3,4)5)63(72)60(52-57)68(6,7)8)56-58-53-61(69(9,10)11)64(73)62(54-58)70(12,13)14/h51-54H,15-50,55-56H2,1-14H3,(H2-,72,73,74,75). The van der Waals surface area contributed by atoms with Crippen molar-refractivity contribution in [3.8, 4) is 11.5 Å². The third kappa shape index (κ3) is 27.9. The number of esters is 1. The maximum absolute atomic E-state index is 15.1. The van der Waals surface area contributed by atoms with Crippen LogP contribution >= 0.6 is 0 Å². The molecule has 0 aromatic heterocycles. The van der Waals surface area contributed by atoms with Crippen molar-refractivity contribution in [1.29, 1.82) is 0 Å². The highest BCUT2D eigenvalue weighted by Crippen LogP contribution is 2.44. The lowest BCUT2D eigenvalue weighted by molar-refractivity contribution is -0.318. The summed E-state index contributed by atoms with van der Waals surface area (Å²) in [6.45, 7) is 29.2. The van der Waals surface area contributed by atoms with E-state index in [0.717, 1.165) is 17.3 Å². The summed E-state index contributed by atoms with van der Waals surface area (Å²) in [6, 6.07) is 7.50. The smallest absolute Gasteiger partial charge is 0.318 e. The van der Waals surface area contributed by atoms with Crippen LogP contribution in [0.5, 0.6) is 11.5 Å². The zero-order chi connectivity index (χ0) is 58.3. The van der Waals surface area contributed by atoms with Crippen molar-refractivity contribution >= 4 is 22.8 Å². The number of hydrogen-bond acceptors (Lipinski definition) is 6. The molecule has 0 radical (unpaired) electrons. The van der Waals surface area contributed by atoms with Gasteiger partial charge in [0.15, 0.2) is 0 Å². The molecule has 7 heteroatoms. The Hall–Kier alpha value is -2.67. The Morgan fingerprint density at radius 3 is 0.846 bits per heavy atom. The third-order valence-electron chi connectivity index (χ3n) is 16.5. The van der Waals surface area contributed by atoms with Gasteiger partial charge in [0.05, 0.1) is 5.97 Å². The Morgan fingerprint density at radius 2 is 0.628 bits per heavy atom. The molecule has 0 unspecified atom stereocenters. The predicted molar refractivity (Wildman–Crippen MR) is 338 cm³/mol. The number of ether oxygens (including phenoxy) is 1. The zero-order valence-corrected chi connectivity index (χ0v) is 54.4. The van der Waals surface area contributed by atoms with Gasteiger partial charge in [-0.15, -0.1) is 0 Å². The van der Waals surface area contributed by atoms with E-state index in [-0.39, 0.29) is 41.8 Å². The Bertz CT molecular complexity index is 1750. The van der Waals surface area contributed by atoms with Gasteiger partial charge in [-0.05, 0) is 104 Å². The minimum atomic E-state index is -2.08. The molecular weight excluding hydrogens is 981 g/mol. The summed E-state index contributed by atoms with van der Waals surface area (Å²) >= 11 is 0. The quantitative estimate of drug-likeness (QED) is 0.0297. The van der Waals surface area contributed by atoms with Gasteiger partial charge in [0.1, 0.15) is 40.8 Å². The third-order valence-corrected chi connectivity index (χ3v) is 19.0. The van der Waals surface area contributed by atoms with E-state index in [1.54, 1.807) is 0 Å². The van der Waals surface area contributed by atoms with Crippen LogP contribution in [0.1, 0.15) is 336 Å². The molecule has 6 nitrogen and oxygen atoms in total. The SMILES string of the molecule is CCCCCCCCCCCCCCCCCC[S+](CCCCCCCCCCCCCCCCCC)CCOC(=O)C(Cc1cc(C(C)(C)C)c(O)c(C(C)(C)C)c1)(Cc1cc(C(C)(C)C)c(O)c(C(C)(C)C)c1)C(=O)[O-]. The number of rotatable bonds is 43. The molecule has 0 aliphatic heterocycles. The molecule has 450 valence electrons. The second kappa shape index (κ2) is 37.4. The summed E-state index contributed by atoms with van der Waals surface area (Å²) in [5, 5.41) is 37.4. The van der Waals surface area contributed by atoms with Gasteiger partial charge in [0.2, 0.25) is 0 Å². The van der Waals surface area contributed by atoms with Gasteiger partial charge in [0.25, 0.3) is 0 Å². The number of unbranched alkanes of at least 4 members (excludes halogenated alkanes) is 30. The lowest BCUT2D eigenvalue weighted by Crippen LogP contribution is -2.52. The van der Waals surface area contributed by atoms with Crippen LogP contribution in [0.4, 0.5) is 0 Å². The maximum Gasteiger partial charge on any atom is 0.318 e. The van der Waals surface area contributed by atoms with Crippen LogP contribution in [0.25, 0.3) is 0 Å². The second-order valence-corrected chi connectivity index (χ2v) is 30.7. The summed E-state index contributed by atoms with van der Waals surface area (Å²) in [6.07, 6.45) is 42.8. The Morgan fingerprint density at radius 1 is 0.397 bits per heavy atom. The van der Waals surface area contributed by atoms with Crippen molar-refractivity contribution in [2.45, 2.75) is 337 Å². The number of carboxylic acid groups (broad SMARTS) is 1. The Balaban J connectivity index is 2.27. The first-order valence-corrected chi connectivity index (χ1v) is 34.3. The van der Waals surface area contributed by atoms with Crippen molar-refractivity contribution in [3.05, 3.63) is 57.6 Å². The molecule has 2 aromatic rings. The van der Waals surface area contributed by atoms with E-state index in [2.05, 4.69) is 13.8 Å². The van der Waals surface area contributed by atoms with E-state index in [9.17, 15) is 20.1 Å². The summed E-state index contributed by atoms with van der Waals surface area (Å²) in [7, 11) is 0.0574. The number of aliphatic carboxylic acids is 1. The average Bonchev–Trinajstić information content (AvgIpc) is 3.34. The van der Waals surface area contributed by atoms with Crippen LogP contribution in [0.15, 0.2) is 24.3 Å². The Kier molecular flexibility index (Phi) is 34.3. The van der Waals surface area contributed by atoms with Crippen molar-refractivity contribution in [2.24, 2.45) is 5.41 Å². The van der Waals surface area contributed by atoms with Gasteiger partial charge in [0, 0.05) is 0 Å². The normalized spacial score (nSPS) is 12.8. The first kappa shape index (κ1) is 71.4. The molecule has 0 spiro atoms. The minimum absolute atomic E-state index is 0.0574. The van der Waals surface area contributed by atoms with Crippen LogP contribution in [0.2, 0.25) is 0 Å². The van der Waals surface area contributed by atoms with Crippen molar-refractivity contribution in [2.75, 3.05) is 23.9 Å². The summed E-state index contributed by atoms with van der Waals surface area (Å²) in [5.74, 6) is 1.12. The topological polar surface area (TPSA) is 107 Å². The lowest BCUT2D eigenvalue weighted by atomic mass is 9.71. The van der Waals surface area contributed by atoms with E-state index in [1.807, 2.05) is 107 Å². The molecule has 2 N–H and O–H groups in total.